The van der Waals surface area contributed by atoms with E-state index in [0.717, 1.165) is 29.8 Å². The van der Waals surface area contributed by atoms with Gasteiger partial charge < -0.3 is 5.11 Å². The first-order valence-electron chi connectivity index (χ1n) is 7.32. The minimum atomic E-state index is -0.493. The number of benzene rings is 2. The Hall–Kier alpha value is -1.97. The van der Waals surface area contributed by atoms with Gasteiger partial charge in [0.05, 0.1) is 11.8 Å². The molecule has 0 amide bonds. The predicted octanol–water partition coefficient (Wildman–Crippen LogP) is 2.55. The molecule has 2 aromatic carbocycles. The van der Waals surface area contributed by atoms with Crippen molar-refractivity contribution < 1.29 is 5.11 Å². The Balaban J connectivity index is 2.01. The van der Waals surface area contributed by atoms with Crippen LogP contribution in [0.4, 0.5) is 0 Å². The van der Waals surface area contributed by atoms with Crippen LogP contribution < -0.4 is 0 Å². The van der Waals surface area contributed by atoms with Gasteiger partial charge >= 0.3 is 0 Å². The first-order chi connectivity index (χ1) is 10.3. The molecular weight excluding hydrogens is 260 g/mol. The monoisotopic (exact) mass is 280 g/mol. The van der Waals surface area contributed by atoms with Crippen LogP contribution in [0.2, 0.25) is 0 Å². The maximum Gasteiger partial charge on any atom is 0.129 e. The van der Waals surface area contributed by atoms with E-state index in [1.807, 2.05) is 48.3 Å². The van der Waals surface area contributed by atoms with E-state index in [4.69, 9.17) is 4.99 Å². The number of aliphatic hydroxyl groups is 1. The van der Waals surface area contributed by atoms with Crippen molar-refractivity contribution in [3.8, 4) is 0 Å². The SMILES string of the molecule is CN1CCC(N=C(c2ccccc2)c2ccccc2)C1O. The molecule has 1 N–H and O–H groups in total. The number of aliphatic imine (C=N–C) groups is 1. The van der Waals surface area contributed by atoms with E-state index >= 15 is 0 Å². The van der Waals surface area contributed by atoms with Crippen LogP contribution in [0.5, 0.6) is 0 Å². The van der Waals surface area contributed by atoms with Crippen LogP contribution in [0.15, 0.2) is 65.7 Å². The number of rotatable bonds is 3. The normalized spacial score (nSPS) is 22.2. The summed E-state index contributed by atoms with van der Waals surface area (Å²) in [7, 11) is 1.94. The Bertz CT molecular complexity index is 568. The molecule has 1 fully saturated rings. The number of likely N-dealkylation sites (tertiary alicyclic amines) is 1. The van der Waals surface area contributed by atoms with Crippen molar-refractivity contribution >= 4 is 5.71 Å². The van der Waals surface area contributed by atoms with E-state index in [1.165, 1.54) is 0 Å². The van der Waals surface area contributed by atoms with E-state index in [0.29, 0.717) is 0 Å². The van der Waals surface area contributed by atoms with E-state index < -0.39 is 6.23 Å². The number of aliphatic hydroxyl groups excluding tert-OH is 1. The number of nitrogens with zero attached hydrogens (tertiary/aromatic N) is 2. The van der Waals surface area contributed by atoms with Crippen LogP contribution in [0.25, 0.3) is 0 Å². The third-order valence-electron chi connectivity index (χ3n) is 3.96. The second kappa shape index (κ2) is 6.20. The second-order valence-corrected chi connectivity index (χ2v) is 5.46. The topological polar surface area (TPSA) is 35.8 Å². The predicted molar refractivity (Wildman–Crippen MR) is 85.6 cm³/mol. The lowest BCUT2D eigenvalue weighted by Crippen LogP contribution is -2.31. The molecule has 3 rings (SSSR count). The van der Waals surface area contributed by atoms with Gasteiger partial charge in [-0.05, 0) is 13.5 Å². The van der Waals surface area contributed by atoms with Gasteiger partial charge in [-0.1, -0.05) is 60.7 Å². The van der Waals surface area contributed by atoms with Crippen molar-refractivity contribution in [1.82, 2.24) is 4.90 Å². The van der Waals surface area contributed by atoms with Gasteiger partial charge in [-0.3, -0.25) is 9.89 Å². The third kappa shape index (κ3) is 3.04. The molecule has 1 aliphatic rings. The Kier molecular flexibility index (Phi) is 4.13. The summed E-state index contributed by atoms with van der Waals surface area (Å²) >= 11 is 0. The molecule has 0 bridgehead atoms. The lowest BCUT2D eigenvalue weighted by atomic mass is 10.0. The Morgan fingerprint density at radius 1 is 1.00 bits per heavy atom. The van der Waals surface area contributed by atoms with Gasteiger partial charge in [0.15, 0.2) is 0 Å². The zero-order chi connectivity index (χ0) is 14.7. The molecule has 1 heterocycles. The largest absolute Gasteiger partial charge is 0.376 e. The fraction of sp³-hybridized carbons (Fsp3) is 0.278. The standard InChI is InChI=1S/C18H20N2O/c1-20-13-12-16(18(20)21)19-17(14-8-4-2-5-9-14)15-10-6-3-7-11-15/h2-11,16,18,21H,12-13H2,1H3. The maximum atomic E-state index is 10.2. The van der Waals surface area contributed by atoms with Crippen LogP contribution in [0, 0.1) is 0 Å². The minimum Gasteiger partial charge on any atom is -0.376 e. The highest BCUT2D eigenvalue weighted by molar-refractivity contribution is 6.12. The molecule has 1 aliphatic heterocycles. The number of likely N-dealkylation sites (N-methyl/N-ethyl adjacent to an activating group) is 1. The van der Waals surface area contributed by atoms with Crippen LogP contribution in [0.3, 0.4) is 0 Å². The van der Waals surface area contributed by atoms with Crippen molar-refractivity contribution in [3.05, 3.63) is 71.8 Å². The fourth-order valence-corrected chi connectivity index (χ4v) is 2.72. The van der Waals surface area contributed by atoms with Gasteiger partial charge in [-0.2, -0.15) is 0 Å². The molecule has 0 aromatic heterocycles. The van der Waals surface area contributed by atoms with Crippen molar-refractivity contribution in [2.45, 2.75) is 18.7 Å². The quantitative estimate of drug-likeness (QED) is 0.877. The van der Waals surface area contributed by atoms with E-state index in [1.54, 1.807) is 0 Å². The Labute approximate surface area is 125 Å². The van der Waals surface area contributed by atoms with Crippen LogP contribution in [0.1, 0.15) is 17.5 Å². The summed E-state index contributed by atoms with van der Waals surface area (Å²) in [5, 5.41) is 10.2. The van der Waals surface area contributed by atoms with Gasteiger partial charge in [-0.25, -0.2) is 0 Å². The summed E-state index contributed by atoms with van der Waals surface area (Å²) in [5.41, 5.74) is 3.13. The number of hydrogen-bond acceptors (Lipinski definition) is 3. The fourth-order valence-electron chi connectivity index (χ4n) is 2.72. The van der Waals surface area contributed by atoms with Crippen LogP contribution in [-0.4, -0.2) is 41.6 Å². The molecule has 21 heavy (non-hydrogen) atoms. The third-order valence-corrected chi connectivity index (χ3v) is 3.96. The molecule has 3 heteroatoms. The summed E-state index contributed by atoms with van der Waals surface area (Å²) < 4.78 is 0. The summed E-state index contributed by atoms with van der Waals surface area (Å²) in [6.07, 6.45) is 0.397. The van der Waals surface area contributed by atoms with E-state index in [9.17, 15) is 5.11 Å². The van der Waals surface area contributed by atoms with Gasteiger partial charge in [0, 0.05) is 17.7 Å². The first-order valence-corrected chi connectivity index (χ1v) is 7.32. The summed E-state index contributed by atoms with van der Waals surface area (Å²) in [4.78, 5) is 6.82. The number of hydrogen-bond donors (Lipinski definition) is 1. The molecule has 0 radical (unpaired) electrons. The van der Waals surface area contributed by atoms with E-state index in [2.05, 4.69) is 24.3 Å². The molecule has 2 atom stereocenters. The highest BCUT2D eigenvalue weighted by Crippen LogP contribution is 2.20. The summed E-state index contributed by atoms with van der Waals surface area (Å²) in [5.74, 6) is 0. The molecule has 1 saturated heterocycles. The Morgan fingerprint density at radius 2 is 1.52 bits per heavy atom. The van der Waals surface area contributed by atoms with Crippen LogP contribution in [-0.2, 0) is 0 Å². The smallest absolute Gasteiger partial charge is 0.129 e. The van der Waals surface area contributed by atoms with Gasteiger partial charge in [0.1, 0.15) is 6.23 Å². The highest BCUT2D eigenvalue weighted by atomic mass is 16.3. The molecule has 108 valence electrons. The molecule has 3 nitrogen and oxygen atoms in total. The highest BCUT2D eigenvalue weighted by Gasteiger charge is 2.30. The lowest BCUT2D eigenvalue weighted by molar-refractivity contribution is 0.0466. The molecule has 2 unspecified atom stereocenters. The van der Waals surface area contributed by atoms with Crippen LogP contribution >= 0.6 is 0 Å². The molecule has 2 aromatic rings. The van der Waals surface area contributed by atoms with Crippen molar-refractivity contribution in [2.24, 2.45) is 4.99 Å². The summed E-state index contributed by atoms with van der Waals surface area (Å²) in [6, 6.07) is 20.3. The lowest BCUT2D eigenvalue weighted by Gasteiger charge is -2.18. The maximum absolute atomic E-state index is 10.2. The van der Waals surface area contributed by atoms with E-state index in [-0.39, 0.29) is 6.04 Å². The molecule has 0 spiro atoms. The average Bonchev–Trinajstić information content (AvgIpc) is 2.86. The summed E-state index contributed by atoms with van der Waals surface area (Å²) in [6.45, 7) is 0.881. The van der Waals surface area contributed by atoms with Crippen molar-refractivity contribution in [2.75, 3.05) is 13.6 Å². The van der Waals surface area contributed by atoms with Crippen molar-refractivity contribution in [3.63, 3.8) is 0 Å². The van der Waals surface area contributed by atoms with Gasteiger partial charge in [0.25, 0.3) is 0 Å². The molecule has 0 saturated carbocycles. The van der Waals surface area contributed by atoms with Crippen molar-refractivity contribution in [1.29, 1.82) is 0 Å². The molecule has 0 aliphatic carbocycles. The van der Waals surface area contributed by atoms with Gasteiger partial charge in [-0.15, -0.1) is 0 Å². The first kappa shape index (κ1) is 14.0. The molecular formula is C18H20N2O. The van der Waals surface area contributed by atoms with Gasteiger partial charge in [0.2, 0.25) is 0 Å². The average molecular weight is 280 g/mol. The zero-order valence-electron chi connectivity index (χ0n) is 12.2. The zero-order valence-corrected chi connectivity index (χ0v) is 12.2. The Morgan fingerprint density at radius 3 is 1.95 bits per heavy atom. The minimum absolute atomic E-state index is 0.0644. The second-order valence-electron chi connectivity index (χ2n) is 5.46.